The van der Waals surface area contributed by atoms with Gasteiger partial charge in [-0.3, -0.25) is 0 Å². The highest BCUT2D eigenvalue weighted by atomic mass is 35.5. The van der Waals surface area contributed by atoms with Gasteiger partial charge in [0.05, 0.1) is 11.1 Å². The second-order valence-electron chi connectivity index (χ2n) is 5.49. The minimum absolute atomic E-state index is 0. The molecule has 0 saturated heterocycles. The fourth-order valence-electron chi connectivity index (χ4n) is 2.05. The van der Waals surface area contributed by atoms with E-state index < -0.39 is 40.9 Å². The van der Waals surface area contributed by atoms with Gasteiger partial charge in [-0.2, -0.15) is 26.3 Å². The van der Waals surface area contributed by atoms with Crippen LogP contribution in [0, 0.1) is 11.7 Å². The molecule has 0 aromatic heterocycles. The summed E-state index contributed by atoms with van der Waals surface area (Å²) in [5.74, 6) is -1.46. The standard InChI is InChI=1S/C14H16F7N.ClH/c1-7(2)3-4-11(22)12-9(14(19,20)21)5-8(6-10(12)15)13(16,17)18;/h5-7,11H,3-4,22H2,1-2H3;1H/t11-;/m1./s1. The van der Waals surface area contributed by atoms with Crippen LogP contribution in [0.15, 0.2) is 12.1 Å². The molecule has 1 nitrogen and oxygen atoms in total. The lowest BCUT2D eigenvalue weighted by atomic mass is 9.92. The first kappa shape index (κ1) is 22.0. The summed E-state index contributed by atoms with van der Waals surface area (Å²) in [6, 6.07) is -1.35. The van der Waals surface area contributed by atoms with Gasteiger partial charge in [-0.1, -0.05) is 13.8 Å². The summed E-state index contributed by atoms with van der Waals surface area (Å²) in [7, 11) is 0. The number of hydrogen-bond acceptors (Lipinski definition) is 1. The van der Waals surface area contributed by atoms with Crippen molar-refractivity contribution in [2.75, 3.05) is 0 Å². The van der Waals surface area contributed by atoms with Gasteiger partial charge in [0, 0.05) is 11.6 Å². The molecule has 1 aromatic carbocycles. The Kier molecular flexibility index (Phi) is 7.36. The maximum Gasteiger partial charge on any atom is 0.416 e. The second kappa shape index (κ2) is 7.70. The van der Waals surface area contributed by atoms with Crippen LogP contribution in [0.4, 0.5) is 30.7 Å². The van der Waals surface area contributed by atoms with Crippen LogP contribution in [0.5, 0.6) is 0 Å². The van der Waals surface area contributed by atoms with Crippen molar-refractivity contribution in [2.24, 2.45) is 11.7 Å². The molecular formula is C14H17ClF7N. The number of rotatable bonds is 4. The third-order valence-corrected chi connectivity index (χ3v) is 3.19. The second-order valence-corrected chi connectivity index (χ2v) is 5.49. The third kappa shape index (κ3) is 5.84. The molecule has 0 aliphatic heterocycles. The molecule has 9 heteroatoms. The summed E-state index contributed by atoms with van der Waals surface area (Å²) in [4.78, 5) is 0. The average molecular weight is 368 g/mol. The Bertz CT molecular complexity index is 523. The van der Waals surface area contributed by atoms with Crippen molar-refractivity contribution >= 4 is 12.4 Å². The van der Waals surface area contributed by atoms with Crippen LogP contribution >= 0.6 is 12.4 Å². The molecule has 2 N–H and O–H groups in total. The molecule has 23 heavy (non-hydrogen) atoms. The Balaban J connectivity index is 0.00000484. The monoisotopic (exact) mass is 367 g/mol. The van der Waals surface area contributed by atoms with Gasteiger partial charge in [-0.25, -0.2) is 4.39 Å². The summed E-state index contributed by atoms with van der Waals surface area (Å²) in [6.07, 6.45) is -9.71. The van der Waals surface area contributed by atoms with Crippen molar-refractivity contribution < 1.29 is 30.7 Å². The zero-order valence-electron chi connectivity index (χ0n) is 12.4. The van der Waals surface area contributed by atoms with E-state index >= 15 is 0 Å². The Morgan fingerprint density at radius 3 is 1.87 bits per heavy atom. The Morgan fingerprint density at radius 2 is 1.48 bits per heavy atom. The number of hydrogen-bond donors (Lipinski definition) is 1. The quantitative estimate of drug-likeness (QED) is 0.676. The predicted molar refractivity (Wildman–Crippen MR) is 74.7 cm³/mol. The summed E-state index contributed by atoms with van der Waals surface area (Å²) in [6.45, 7) is 3.61. The molecule has 1 aromatic rings. The minimum atomic E-state index is -5.12. The zero-order valence-corrected chi connectivity index (χ0v) is 13.2. The highest BCUT2D eigenvalue weighted by molar-refractivity contribution is 5.85. The average Bonchev–Trinajstić information content (AvgIpc) is 2.32. The van der Waals surface area contributed by atoms with E-state index in [1.165, 1.54) is 0 Å². The summed E-state index contributed by atoms with van der Waals surface area (Å²) >= 11 is 0. The first-order chi connectivity index (χ1) is 9.84. The van der Waals surface area contributed by atoms with Crippen LogP contribution in [0.1, 0.15) is 49.4 Å². The molecule has 0 heterocycles. The minimum Gasteiger partial charge on any atom is -0.324 e. The maximum absolute atomic E-state index is 13.9. The van der Waals surface area contributed by atoms with E-state index in [1.54, 1.807) is 13.8 Å². The molecule has 0 aliphatic rings. The SMILES string of the molecule is CC(C)CC[C@@H](N)c1c(F)cc(C(F)(F)F)cc1C(F)(F)F.Cl. The predicted octanol–water partition coefficient (Wildman–Crippen LogP) is 5.72. The fourth-order valence-corrected chi connectivity index (χ4v) is 2.05. The van der Waals surface area contributed by atoms with Crippen molar-refractivity contribution in [3.05, 3.63) is 34.6 Å². The van der Waals surface area contributed by atoms with Gasteiger partial charge < -0.3 is 5.73 Å². The lowest BCUT2D eigenvalue weighted by Gasteiger charge is -2.21. The molecule has 0 radical (unpaired) electrons. The van der Waals surface area contributed by atoms with Crippen LogP contribution in [0.2, 0.25) is 0 Å². The molecule has 0 saturated carbocycles. The normalized spacial score (nSPS) is 13.9. The summed E-state index contributed by atoms with van der Waals surface area (Å²) < 4.78 is 90.4. The van der Waals surface area contributed by atoms with Gasteiger partial charge in [0.15, 0.2) is 0 Å². The largest absolute Gasteiger partial charge is 0.416 e. The fraction of sp³-hybridized carbons (Fsp3) is 0.571. The zero-order chi connectivity index (χ0) is 17.3. The van der Waals surface area contributed by atoms with Crippen molar-refractivity contribution in [1.29, 1.82) is 0 Å². The molecule has 0 bridgehead atoms. The maximum atomic E-state index is 13.9. The molecule has 1 atom stereocenters. The summed E-state index contributed by atoms with van der Waals surface area (Å²) in [5, 5.41) is 0. The van der Waals surface area contributed by atoms with Crippen molar-refractivity contribution in [3.63, 3.8) is 0 Å². The molecule has 0 amide bonds. The van der Waals surface area contributed by atoms with Crippen LogP contribution in [0.25, 0.3) is 0 Å². The highest BCUT2D eigenvalue weighted by Crippen LogP contribution is 2.40. The molecule has 0 fully saturated rings. The van der Waals surface area contributed by atoms with Gasteiger partial charge in [0.1, 0.15) is 5.82 Å². The molecule has 0 aliphatic carbocycles. The third-order valence-electron chi connectivity index (χ3n) is 3.19. The van der Waals surface area contributed by atoms with Gasteiger partial charge >= 0.3 is 12.4 Å². The van der Waals surface area contributed by atoms with E-state index in [4.69, 9.17) is 5.73 Å². The molecule has 0 unspecified atom stereocenters. The van der Waals surface area contributed by atoms with Gasteiger partial charge in [0.2, 0.25) is 0 Å². The van der Waals surface area contributed by atoms with E-state index in [0.717, 1.165) is 0 Å². The Morgan fingerprint density at radius 1 is 0.957 bits per heavy atom. The van der Waals surface area contributed by atoms with E-state index in [1.807, 2.05) is 0 Å². The van der Waals surface area contributed by atoms with Crippen LogP contribution in [-0.2, 0) is 12.4 Å². The number of halogens is 8. The van der Waals surface area contributed by atoms with E-state index in [-0.39, 0.29) is 36.9 Å². The topological polar surface area (TPSA) is 26.0 Å². The summed E-state index contributed by atoms with van der Waals surface area (Å²) in [5.41, 5.74) is 1.31. The van der Waals surface area contributed by atoms with Gasteiger partial charge in [-0.15, -0.1) is 12.4 Å². The Labute approximate surface area is 135 Å². The molecule has 0 spiro atoms. The van der Waals surface area contributed by atoms with E-state index in [0.29, 0.717) is 6.42 Å². The number of nitrogens with two attached hydrogens (primary N) is 1. The smallest absolute Gasteiger partial charge is 0.324 e. The highest BCUT2D eigenvalue weighted by Gasteiger charge is 2.40. The van der Waals surface area contributed by atoms with Gasteiger partial charge in [0.25, 0.3) is 0 Å². The van der Waals surface area contributed by atoms with Crippen molar-refractivity contribution in [1.82, 2.24) is 0 Å². The molecular weight excluding hydrogens is 351 g/mol. The van der Waals surface area contributed by atoms with Crippen molar-refractivity contribution in [2.45, 2.75) is 45.1 Å². The molecule has 1 rings (SSSR count). The van der Waals surface area contributed by atoms with Crippen molar-refractivity contribution in [3.8, 4) is 0 Å². The Hall–Kier alpha value is -1.02. The lowest BCUT2D eigenvalue weighted by Crippen LogP contribution is -2.21. The first-order valence-corrected chi connectivity index (χ1v) is 6.57. The number of alkyl halides is 6. The molecule has 134 valence electrons. The van der Waals surface area contributed by atoms with E-state index in [9.17, 15) is 30.7 Å². The first-order valence-electron chi connectivity index (χ1n) is 6.57. The van der Waals surface area contributed by atoms with Gasteiger partial charge in [-0.05, 0) is 30.9 Å². The van der Waals surface area contributed by atoms with Crippen LogP contribution < -0.4 is 5.73 Å². The van der Waals surface area contributed by atoms with E-state index in [2.05, 4.69) is 0 Å². The van der Waals surface area contributed by atoms with Crippen LogP contribution in [-0.4, -0.2) is 0 Å². The van der Waals surface area contributed by atoms with Crippen LogP contribution in [0.3, 0.4) is 0 Å². The number of benzene rings is 1. The lowest BCUT2D eigenvalue weighted by molar-refractivity contribution is -0.144.